The number of piperazine rings is 1. The van der Waals surface area contributed by atoms with Crippen molar-refractivity contribution in [1.29, 1.82) is 0 Å². The Labute approximate surface area is 510 Å². The molecule has 11 saturated heterocycles. The molecule has 0 spiro atoms. The fourth-order valence-corrected chi connectivity index (χ4v) is 20.8. The molecule has 478 valence electrons. The molecule has 0 aromatic heterocycles. The monoisotopic (exact) mass is 1140 g/mol. The average Bonchev–Trinajstić information content (AvgIpc) is 4.24. The quantitative estimate of drug-likeness (QED) is 0.176. The second-order valence-corrected chi connectivity index (χ2v) is 35.1. The molecular formula is C74H153N7+6. The van der Waals surface area contributed by atoms with Crippen molar-refractivity contribution < 1.29 is 26.9 Å². The Balaban J connectivity index is 0.000000180. The van der Waals surface area contributed by atoms with E-state index >= 15 is 0 Å². The first-order valence-electron chi connectivity index (χ1n) is 36.3. The molecule has 11 rings (SSSR count). The highest BCUT2D eigenvalue weighted by atomic mass is 15.5. The van der Waals surface area contributed by atoms with Gasteiger partial charge >= 0.3 is 0 Å². The van der Waals surface area contributed by atoms with Crippen LogP contribution in [0, 0.1) is 40.9 Å². The average molecular weight is 1140 g/mol. The zero-order chi connectivity index (χ0) is 61.2. The number of likely N-dealkylation sites (tertiary alicyclic amines) is 1. The summed E-state index contributed by atoms with van der Waals surface area (Å²) in [5.74, 6) is 5.59. The molecule has 6 bridgehead atoms. The van der Waals surface area contributed by atoms with E-state index in [4.69, 9.17) is 0 Å². The second kappa shape index (κ2) is 28.0. The largest absolute Gasteiger partial charge is 0.325 e. The fourth-order valence-electron chi connectivity index (χ4n) is 20.8. The van der Waals surface area contributed by atoms with E-state index in [-0.39, 0.29) is 0 Å². The molecule has 0 amide bonds. The molecule has 0 aromatic rings. The predicted molar refractivity (Wildman–Crippen MR) is 356 cm³/mol. The third kappa shape index (κ3) is 14.1. The van der Waals surface area contributed by atoms with Gasteiger partial charge in [0, 0.05) is 121 Å². The highest BCUT2D eigenvalue weighted by Crippen LogP contribution is 2.53. The van der Waals surface area contributed by atoms with Crippen LogP contribution in [-0.4, -0.2) is 203 Å². The van der Waals surface area contributed by atoms with E-state index in [0.717, 1.165) is 124 Å². The normalized spacial score (nSPS) is 39.6. The summed E-state index contributed by atoms with van der Waals surface area (Å²) in [6.07, 6.45) is 23.7. The number of fused-ring (bicyclic) bond motifs is 9. The molecule has 7 unspecified atom stereocenters. The molecule has 0 aliphatic carbocycles. The third-order valence-corrected chi connectivity index (χ3v) is 29.2. The van der Waals surface area contributed by atoms with Crippen LogP contribution in [0.15, 0.2) is 0 Å². The van der Waals surface area contributed by atoms with Gasteiger partial charge in [-0.05, 0) is 140 Å². The molecular weight excluding hydrogens is 987 g/mol. The summed E-state index contributed by atoms with van der Waals surface area (Å²) in [7, 11) is 9.55. The van der Waals surface area contributed by atoms with Gasteiger partial charge in [-0.15, -0.1) is 0 Å². The zero-order valence-corrected chi connectivity index (χ0v) is 60.8. The van der Waals surface area contributed by atoms with Crippen molar-refractivity contribution in [3.05, 3.63) is 0 Å². The molecule has 0 saturated carbocycles. The van der Waals surface area contributed by atoms with Crippen molar-refractivity contribution in [1.82, 2.24) is 4.90 Å². The Morgan fingerprint density at radius 2 is 0.864 bits per heavy atom. The third-order valence-electron chi connectivity index (χ3n) is 29.2. The van der Waals surface area contributed by atoms with Gasteiger partial charge in [0.15, 0.2) is 0 Å². The van der Waals surface area contributed by atoms with E-state index in [9.17, 15) is 0 Å². The number of hydrogen-bond donors (Lipinski definition) is 0. The molecule has 11 aliphatic rings. The minimum atomic E-state index is 0.661. The zero-order valence-electron chi connectivity index (χ0n) is 60.8. The van der Waals surface area contributed by atoms with Crippen LogP contribution in [0.4, 0.5) is 0 Å². The maximum absolute atomic E-state index is 2.69. The van der Waals surface area contributed by atoms with Gasteiger partial charge in [-0.2, -0.15) is 0 Å². The van der Waals surface area contributed by atoms with Gasteiger partial charge in [-0.1, -0.05) is 55.4 Å². The van der Waals surface area contributed by atoms with Crippen molar-refractivity contribution in [2.45, 2.75) is 353 Å². The van der Waals surface area contributed by atoms with Crippen LogP contribution in [-0.2, 0) is 0 Å². The number of quaternary nitrogens is 6. The van der Waals surface area contributed by atoms with Crippen molar-refractivity contribution in [2.75, 3.05) is 87.1 Å². The molecule has 7 atom stereocenters. The van der Waals surface area contributed by atoms with Crippen LogP contribution in [0.3, 0.4) is 0 Å². The Morgan fingerprint density at radius 3 is 1.19 bits per heavy atom. The Hall–Kier alpha value is -0.280. The summed E-state index contributed by atoms with van der Waals surface area (Å²) in [4.78, 5) is 2.69. The van der Waals surface area contributed by atoms with Crippen LogP contribution in [0.2, 0.25) is 0 Å². The molecule has 11 fully saturated rings. The van der Waals surface area contributed by atoms with Gasteiger partial charge < -0.3 is 26.9 Å². The lowest BCUT2D eigenvalue weighted by molar-refractivity contribution is -0.974. The first kappa shape index (κ1) is 71.5. The maximum Gasteiger partial charge on any atom is 0.102 e. The van der Waals surface area contributed by atoms with E-state index in [2.05, 4.69) is 199 Å². The smallest absolute Gasteiger partial charge is 0.102 e. The molecule has 0 aromatic carbocycles. The Morgan fingerprint density at radius 1 is 0.420 bits per heavy atom. The van der Waals surface area contributed by atoms with Gasteiger partial charge in [0.25, 0.3) is 0 Å². The molecule has 11 aliphatic heterocycles. The van der Waals surface area contributed by atoms with Gasteiger partial charge in [0.2, 0.25) is 0 Å². The van der Waals surface area contributed by atoms with Gasteiger partial charge in [-0.3, -0.25) is 4.90 Å². The van der Waals surface area contributed by atoms with Crippen molar-refractivity contribution in [2.24, 2.45) is 40.9 Å². The summed E-state index contributed by atoms with van der Waals surface area (Å²) in [5.41, 5.74) is 1.39. The SMILES string of the molecule is CC(C)C12CCC[N+]1(C(C)C)CCC2.CC(C)C12CC[N+](C(C)C)(CC1)CC2.CC(C)C1CC2CCC(C1)[N+]2(C)C(C)C.CC(C)C1CC[N+]2(C(C)C)CCCC12.CC(C)N1CC2CCC(C1)[N+]2(C)C(C)C.CC(C)[N+](C)(C)C(C)C. The molecule has 7 nitrogen and oxygen atoms in total. The van der Waals surface area contributed by atoms with Crippen LogP contribution in [0.5, 0.6) is 0 Å². The van der Waals surface area contributed by atoms with Crippen LogP contribution in [0.1, 0.15) is 269 Å². The topological polar surface area (TPSA) is 3.24 Å². The summed E-state index contributed by atoms with van der Waals surface area (Å²) in [6.45, 7) is 70.2. The lowest BCUT2D eigenvalue weighted by Crippen LogP contribution is -2.67. The van der Waals surface area contributed by atoms with Crippen molar-refractivity contribution >= 4 is 0 Å². The summed E-state index contributed by atoms with van der Waals surface area (Å²) in [6, 6.07) is 11.1. The van der Waals surface area contributed by atoms with E-state index in [1.165, 1.54) is 184 Å². The number of likely N-dealkylation sites (N-methyl/N-ethyl adjacent to an activating group) is 1. The van der Waals surface area contributed by atoms with Crippen LogP contribution >= 0.6 is 0 Å². The lowest BCUT2D eigenvalue weighted by atomic mass is 9.64. The number of rotatable bonds is 12. The van der Waals surface area contributed by atoms with E-state index in [1.54, 1.807) is 0 Å². The summed E-state index contributed by atoms with van der Waals surface area (Å²) >= 11 is 0. The Bertz CT molecular complexity index is 1700. The molecule has 0 N–H and O–H groups in total. The van der Waals surface area contributed by atoms with Crippen molar-refractivity contribution in [3.63, 3.8) is 0 Å². The summed E-state index contributed by atoms with van der Waals surface area (Å²) in [5, 5.41) is 0. The van der Waals surface area contributed by atoms with E-state index in [0.29, 0.717) is 5.54 Å². The predicted octanol–water partition coefficient (Wildman–Crippen LogP) is 16.7. The second-order valence-electron chi connectivity index (χ2n) is 35.1. The number of hydrogen-bond acceptors (Lipinski definition) is 1. The van der Waals surface area contributed by atoms with Gasteiger partial charge in [-0.25, -0.2) is 0 Å². The highest BCUT2D eigenvalue weighted by Gasteiger charge is 2.61. The van der Waals surface area contributed by atoms with Crippen LogP contribution < -0.4 is 0 Å². The first-order chi connectivity index (χ1) is 37.4. The molecule has 7 heteroatoms. The summed E-state index contributed by atoms with van der Waals surface area (Å²) < 4.78 is 8.16. The maximum atomic E-state index is 2.69. The van der Waals surface area contributed by atoms with Gasteiger partial charge in [0.1, 0.15) is 17.6 Å². The lowest BCUT2D eigenvalue weighted by Gasteiger charge is -2.58. The Kier molecular flexibility index (Phi) is 24.7. The van der Waals surface area contributed by atoms with Crippen molar-refractivity contribution in [3.8, 4) is 0 Å². The molecule has 11 heterocycles. The van der Waals surface area contributed by atoms with E-state index in [1.807, 2.05) is 0 Å². The molecule has 0 radical (unpaired) electrons. The fraction of sp³-hybridized carbons (Fsp3) is 1.00. The minimum absolute atomic E-state index is 0.661. The minimum Gasteiger partial charge on any atom is -0.325 e. The number of piperidine rings is 4. The van der Waals surface area contributed by atoms with Crippen LogP contribution in [0.25, 0.3) is 0 Å². The van der Waals surface area contributed by atoms with E-state index < -0.39 is 0 Å². The standard InChI is InChI=1S/C14H28N.C13H27N2.3C13H26N.C8H20N/c1-10(2)12-8-13-6-7-14(9-12)15(13,5)11(3)4;1-10(2)14-8-12-6-7-13(9-14)15(12,5)11(3)4;1-11(2)13-5-8-14(9-6-13,10-7-13)12(3)4;1-11(2)13-7-5-9-14(13,12(3)4)10-6-8-13;1-10(2)12-7-9-14(11(3)4)8-5-6-13(12)14;1-7(2)9(5,6)8(3)4/h10-14H,6-9H2,1-5H3;10-13H,6-9H2,1-5H3;2*11-12H,5-10H2,1-4H3;10-13H,5-9H2,1-4H3;7-8H,1-6H3/q6*+1. The highest BCUT2D eigenvalue weighted by molar-refractivity contribution is 4.95. The van der Waals surface area contributed by atoms with Gasteiger partial charge in [0.05, 0.1) is 148 Å². The first-order valence-corrected chi connectivity index (χ1v) is 36.3. The molecule has 81 heavy (non-hydrogen) atoms. The number of nitrogens with zero attached hydrogens (tertiary/aromatic N) is 7.